The zero-order valence-electron chi connectivity index (χ0n) is 12.4. The Morgan fingerprint density at radius 1 is 1.41 bits per heavy atom. The smallest absolute Gasteiger partial charge is 0.144 e. The van der Waals surface area contributed by atoms with Crippen LogP contribution in [0.4, 0.5) is 5.82 Å². The van der Waals surface area contributed by atoms with E-state index in [1.165, 1.54) is 0 Å². The van der Waals surface area contributed by atoms with Gasteiger partial charge in [0.25, 0.3) is 0 Å². The Hall–Kier alpha value is -1.69. The molecule has 1 aromatic carbocycles. The third kappa shape index (κ3) is 3.55. The number of nitrogens with zero attached hydrogens (tertiary/aromatic N) is 3. The van der Waals surface area contributed by atoms with Crippen molar-refractivity contribution >= 4 is 17.4 Å². The monoisotopic (exact) mass is 318 g/mol. The van der Waals surface area contributed by atoms with E-state index in [1.54, 1.807) is 12.3 Å². The molecule has 116 valence electrons. The molecule has 2 aromatic rings. The van der Waals surface area contributed by atoms with Crippen molar-refractivity contribution in [2.45, 2.75) is 25.6 Å². The molecule has 2 N–H and O–H groups in total. The summed E-state index contributed by atoms with van der Waals surface area (Å²) in [6.45, 7) is 4.24. The van der Waals surface area contributed by atoms with Gasteiger partial charge in [0.1, 0.15) is 11.6 Å². The third-order valence-corrected chi connectivity index (χ3v) is 4.09. The minimum Gasteiger partial charge on any atom is -0.384 e. The fourth-order valence-electron chi connectivity index (χ4n) is 2.61. The minimum absolute atomic E-state index is 0.0101. The van der Waals surface area contributed by atoms with Crippen molar-refractivity contribution in [3.63, 3.8) is 0 Å². The molecule has 1 aromatic heterocycles. The lowest BCUT2D eigenvalue weighted by molar-refractivity contribution is -0.0640. The van der Waals surface area contributed by atoms with Gasteiger partial charge in [-0.05, 0) is 30.7 Å². The zero-order chi connectivity index (χ0) is 15.5. The highest BCUT2D eigenvalue weighted by Crippen LogP contribution is 2.27. The van der Waals surface area contributed by atoms with E-state index in [4.69, 9.17) is 22.1 Å². The van der Waals surface area contributed by atoms with E-state index in [-0.39, 0.29) is 6.10 Å². The maximum atomic E-state index is 6.07. The van der Waals surface area contributed by atoms with Crippen LogP contribution in [0.25, 0.3) is 0 Å². The second kappa shape index (κ2) is 6.60. The first-order chi connectivity index (χ1) is 10.6. The first-order valence-corrected chi connectivity index (χ1v) is 7.68. The highest BCUT2D eigenvalue weighted by Gasteiger charge is 2.27. The van der Waals surface area contributed by atoms with Crippen molar-refractivity contribution in [3.05, 3.63) is 52.9 Å². The van der Waals surface area contributed by atoms with Crippen molar-refractivity contribution < 1.29 is 4.74 Å². The highest BCUT2D eigenvalue weighted by molar-refractivity contribution is 6.30. The Balaban J connectivity index is 1.73. The van der Waals surface area contributed by atoms with Crippen molar-refractivity contribution in [3.8, 4) is 0 Å². The Morgan fingerprint density at radius 2 is 2.27 bits per heavy atom. The molecule has 3 rings (SSSR count). The number of rotatable bonds is 3. The average molecular weight is 319 g/mol. The summed E-state index contributed by atoms with van der Waals surface area (Å²) in [6.07, 6.45) is 1.70. The number of morpholine rings is 1. The second-order valence-electron chi connectivity index (χ2n) is 5.55. The van der Waals surface area contributed by atoms with Crippen molar-refractivity contribution in [2.75, 3.05) is 18.9 Å². The van der Waals surface area contributed by atoms with Gasteiger partial charge in [0.15, 0.2) is 0 Å². The van der Waals surface area contributed by atoms with Crippen LogP contribution in [0.2, 0.25) is 5.02 Å². The maximum Gasteiger partial charge on any atom is 0.144 e. The molecule has 5 nitrogen and oxygen atoms in total. The minimum atomic E-state index is 0.0101. The van der Waals surface area contributed by atoms with E-state index < -0.39 is 0 Å². The summed E-state index contributed by atoms with van der Waals surface area (Å²) in [6, 6.07) is 9.82. The number of halogens is 1. The molecule has 2 heterocycles. The lowest BCUT2D eigenvalue weighted by Crippen LogP contribution is -2.44. The van der Waals surface area contributed by atoms with Gasteiger partial charge in [-0.15, -0.1) is 0 Å². The van der Waals surface area contributed by atoms with Crippen LogP contribution in [0.3, 0.4) is 0 Å². The van der Waals surface area contributed by atoms with E-state index >= 15 is 0 Å². The summed E-state index contributed by atoms with van der Waals surface area (Å²) in [5.41, 5.74) is 6.82. The summed E-state index contributed by atoms with van der Waals surface area (Å²) in [4.78, 5) is 10.9. The topological polar surface area (TPSA) is 64.3 Å². The van der Waals surface area contributed by atoms with Gasteiger partial charge in [-0.1, -0.05) is 23.7 Å². The van der Waals surface area contributed by atoms with E-state index in [0.29, 0.717) is 25.0 Å². The van der Waals surface area contributed by atoms with Gasteiger partial charge in [-0.3, -0.25) is 4.90 Å². The molecule has 22 heavy (non-hydrogen) atoms. The molecule has 0 radical (unpaired) electrons. The molecule has 2 atom stereocenters. The number of aromatic nitrogens is 2. The molecule has 0 amide bonds. The number of nitrogens with two attached hydrogens (primary N) is 1. The fraction of sp³-hybridized carbons (Fsp3) is 0.375. The highest BCUT2D eigenvalue weighted by atomic mass is 35.5. The van der Waals surface area contributed by atoms with Crippen LogP contribution in [0.15, 0.2) is 36.5 Å². The number of hydrogen-bond acceptors (Lipinski definition) is 5. The standard InChI is InChI=1S/C16H19ClN4O/c1-11-10-22-14(12-3-2-4-13(17)7-12)8-21(11)9-16-19-6-5-15(18)20-16/h2-7,11,14H,8-10H2,1H3,(H2,18,19,20)/t11-,14+/m1/s1. The molecule has 1 fully saturated rings. The van der Waals surface area contributed by atoms with Crippen molar-refractivity contribution in [1.82, 2.24) is 14.9 Å². The van der Waals surface area contributed by atoms with E-state index in [0.717, 1.165) is 23.0 Å². The SMILES string of the molecule is C[C@@H]1CO[C@H](c2cccc(Cl)c2)CN1Cc1nccc(N)n1. The second-order valence-corrected chi connectivity index (χ2v) is 5.99. The van der Waals surface area contributed by atoms with Gasteiger partial charge in [-0.2, -0.15) is 0 Å². The molecule has 0 spiro atoms. The van der Waals surface area contributed by atoms with Crippen LogP contribution >= 0.6 is 11.6 Å². The van der Waals surface area contributed by atoms with Gasteiger partial charge in [0, 0.05) is 23.8 Å². The van der Waals surface area contributed by atoms with Crippen molar-refractivity contribution in [1.29, 1.82) is 0 Å². The lowest BCUT2D eigenvalue weighted by Gasteiger charge is -2.37. The fourth-order valence-corrected chi connectivity index (χ4v) is 2.81. The van der Waals surface area contributed by atoms with Crippen LogP contribution in [0.5, 0.6) is 0 Å². The summed E-state index contributed by atoms with van der Waals surface area (Å²) in [5, 5.41) is 0.727. The number of anilines is 1. The van der Waals surface area contributed by atoms with E-state index in [9.17, 15) is 0 Å². The summed E-state index contributed by atoms with van der Waals surface area (Å²) < 4.78 is 5.96. The van der Waals surface area contributed by atoms with Crippen LogP contribution < -0.4 is 5.73 Å². The summed E-state index contributed by atoms with van der Waals surface area (Å²) >= 11 is 6.07. The van der Waals surface area contributed by atoms with Gasteiger partial charge in [0.2, 0.25) is 0 Å². The van der Waals surface area contributed by atoms with Crippen molar-refractivity contribution in [2.24, 2.45) is 0 Å². The van der Waals surface area contributed by atoms with Gasteiger partial charge in [0.05, 0.1) is 19.3 Å². The molecular weight excluding hydrogens is 300 g/mol. The van der Waals surface area contributed by atoms with Gasteiger partial charge >= 0.3 is 0 Å². The largest absolute Gasteiger partial charge is 0.384 e. The molecule has 6 heteroatoms. The predicted octanol–water partition coefficient (Wildman–Crippen LogP) is 2.67. The molecule has 1 aliphatic rings. The summed E-state index contributed by atoms with van der Waals surface area (Å²) in [7, 11) is 0. The van der Waals surface area contributed by atoms with Gasteiger partial charge < -0.3 is 10.5 Å². The predicted molar refractivity (Wildman–Crippen MR) is 86.5 cm³/mol. The van der Waals surface area contributed by atoms with Crippen LogP contribution in [-0.4, -0.2) is 34.1 Å². The van der Waals surface area contributed by atoms with Crippen LogP contribution in [-0.2, 0) is 11.3 Å². The molecular formula is C16H19ClN4O. The Kier molecular flexibility index (Phi) is 4.57. The molecule has 0 saturated carbocycles. The molecule has 1 aliphatic heterocycles. The Morgan fingerprint density at radius 3 is 3.05 bits per heavy atom. The van der Waals surface area contributed by atoms with E-state index in [2.05, 4.69) is 21.8 Å². The van der Waals surface area contributed by atoms with E-state index in [1.807, 2.05) is 24.3 Å². The van der Waals surface area contributed by atoms with Crippen LogP contribution in [0.1, 0.15) is 24.4 Å². The number of hydrogen-bond donors (Lipinski definition) is 1. The maximum absolute atomic E-state index is 6.07. The lowest BCUT2D eigenvalue weighted by atomic mass is 10.1. The van der Waals surface area contributed by atoms with Gasteiger partial charge in [-0.25, -0.2) is 9.97 Å². The number of benzene rings is 1. The third-order valence-electron chi connectivity index (χ3n) is 3.85. The number of nitrogen functional groups attached to an aromatic ring is 1. The normalized spacial score (nSPS) is 22.6. The van der Waals surface area contributed by atoms with Crippen LogP contribution in [0, 0.1) is 0 Å². The first kappa shape index (κ1) is 15.2. The molecule has 0 aliphatic carbocycles. The average Bonchev–Trinajstić information content (AvgIpc) is 2.49. The number of ether oxygens (including phenoxy) is 1. The first-order valence-electron chi connectivity index (χ1n) is 7.30. The molecule has 0 unspecified atom stereocenters. The zero-order valence-corrected chi connectivity index (χ0v) is 13.2. The molecule has 0 bridgehead atoms. The summed E-state index contributed by atoms with van der Waals surface area (Å²) in [5.74, 6) is 1.23. The Labute approximate surface area is 135 Å². The quantitative estimate of drug-likeness (QED) is 0.942. The molecule has 1 saturated heterocycles. The Bertz CT molecular complexity index is 652.